The lowest BCUT2D eigenvalue weighted by molar-refractivity contribution is -0.132. The molecule has 0 radical (unpaired) electrons. The fraction of sp³-hybridized carbons (Fsp3) is 0.182. The number of ketones is 1. The van der Waals surface area contributed by atoms with E-state index in [1.807, 2.05) is 6.92 Å². The Kier molecular flexibility index (Phi) is 5.20. The first kappa shape index (κ1) is 20.5. The second-order valence-electron chi connectivity index (χ2n) is 6.95. The second-order valence-corrected chi connectivity index (χ2v) is 7.93. The van der Waals surface area contributed by atoms with Crippen LogP contribution in [0.25, 0.3) is 5.76 Å². The van der Waals surface area contributed by atoms with Crippen molar-refractivity contribution in [2.45, 2.75) is 19.9 Å². The van der Waals surface area contributed by atoms with E-state index in [0.29, 0.717) is 11.3 Å². The summed E-state index contributed by atoms with van der Waals surface area (Å²) in [5, 5.41) is 11.1. The molecule has 1 fully saturated rings. The molecule has 1 aromatic carbocycles. The van der Waals surface area contributed by atoms with Crippen molar-refractivity contribution in [1.82, 2.24) is 4.98 Å². The summed E-state index contributed by atoms with van der Waals surface area (Å²) in [6.45, 7) is 3.51. The predicted molar refractivity (Wildman–Crippen MR) is 113 cm³/mol. The van der Waals surface area contributed by atoms with Crippen molar-refractivity contribution in [2.75, 3.05) is 12.0 Å². The van der Waals surface area contributed by atoms with E-state index < -0.39 is 23.7 Å². The fourth-order valence-electron chi connectivity index (χ4n) is 3.38. The van der Waals surface area contributed by atoms with Crippen LogP contribution in [0.2, 0.25) is 0 Å². The molecule has 0 spiro atoms. The van der Waals surface area contributed by atoms with Crippen molar-refractivity contribution in [2.24, 2.45) is 0 Å². The highest BCUT2D eigenvalue weighted by atomic mass is 32.1. The lowest BCUT2D eigenvalue weighted by Gasteiger charge is -2.20. The number of benzene rings is 1. The summed E-state index contributed by atoms with van der Waals surface area (Å²) in [7, 11) is 1.25. The number of aryl methyl sites for hydroxylation is 2. The van der Waals surface area contributed by atoms with E-state index in [4.69, 9.17) is 9.15 Å². The number of thiazole rings is 1. The molecule has 2 aromatic heterocycles. The SMILES string of the molecule is COC(=O)c1sc(N2C(=O)C(=O)C(=C(O)c3ccc(C)cc3)C2c2ccco2)nc1C. The van der Waals surface area contributed by atoms with Crippen molar-refractivity contribution in [3.05, 3.63) is 75.7 Å². The minimum absolute atomic E-state index is 0.115. The Morgan fingerprint density at radius 1 is 1.19 bits per heavy atom. The third kappa shape index (κ3) is 3.42. The molecule has 8 nitrogen and oxygen atoms in total. The Morgan fingerprint density at radius 3 is 2.52 bits per heavy atom. The van der Waals surface area contributed by atoms with Crippen LogP contribution in [0, 0.1) is 13.8 Å². The van der Waals surface area contributed by atoms with Gasteiger partial charge < -0.3 is 14.3 Å². The van der Waals surface area contributed by atoms with Crippen molar-refractivity contribution in [3.63, 3.8) is 0 Å². The molecule has 1 aliphatic heterocycles. The van der Waals surface area contributed by atoms with Gasteiger partial charge in [-0.1, -0.05) is 41.2 Å². The Hall–Kier alpha value is -3.72. The number of aromatic nitrogens is 1. The summed E-state index contributed by atoms with van der Waals surface area (Å²) >= 11 is 0.929. The second kappa shape index (κ2) is 7.84. The van der Waals surface area contributed by atoms with Gasteiger partial charge in [-0.3, -0.25) is 14.5 Å². The van der Waals surface area contributed by atoms with Gasteiger partial charge in [-0.2, -0.15) is 0 Å². The maximum Gasteiger partial charge on any atom is 0.350 e. The van der Waals surface area contributed by atoms with Crippen LogP contribution in [0.15, 0.2) is 52.7 Å². The van der Waals surface area contributed by atoms with Crippen LogP contribution in [-0.2, 0) is 14.3 Å². The molecule has 158 valence electrons. The fourth-order valence-corrected chi connectivity index (χ4v) is 4.39. The first-order valence-corrected chi connectivity index (χ1v) is 10.1. The number of ether oxygens (including phenoxy) is 1. The standard InChI is InChI=1S/C22H18N2O6S/c1-11-6-8-13(9-7-11)17(25)15-16(14-5-4-10-30-14)24(20(27)18(15)26)22-23-12(2)19(31-22)21(28)29-3/h4-10,16,25H,1-3H3. The van der Waals surface area contributed by atoms with E-state index >= 15 is 0 Å². The number of methoxy groups -OCH3 is 1. The average molecular weight is 438 g/mol. The third-order valence-electron chi connectivity index (χ3n) is 4.94. The van der Waals surface area contributed by atoms with Gasteiger partial charge >= 0.3 is 11.9 Å². The van der Waals surface area contributed by atoms with Gasteiger partial charge in [0.05, 0.1) is 24.6 Å². The van der Waals surface area contributed by atoms with Crippen LogP contribution in [0.3, 0.4) is 0 Å². The van der Waals surface area contributed by atoms with E-state index in [2.05, 4.69) is 4.98 Å². The number of furan rings is 1. The zero-order valence-corrected chi connectivity index (χ0v) is 17.7. The van der Waals surface area contributed by atoms with Crippen LogP contribution < -0.4 is 4.90 Å². The zero-order chi connectivity index (χ0) is 22.3. The minimum atomic E-state index is -1.03. The summed E-state index contributed by atoms with van der Waals surface area (Å²) in [5.74, 6) is -2.37. The van der Waals surface area contributed by atoms with E-state index in [0.717, 1.165) is 21.8 Å². The summed E-state index contributed by atoms with van der Waals surface area (Å²) in [5.41, 5.74) is 1.63. The highest BCUT2D eigenvalue weighted by Crippen LogP contribution is 2.44. The molecule has 1 unspecified atom stereocenters. The number of hydrogen-bond donors (Lipinski definition) is 1. The summed E-state index contributed by atoms with van der Waals surface area (Å²) < 4.78 is 10.3. The van der Waals surface area contributed by atoms with Gasteiger partial charge in [-0.25, -0.2) is 9.78 Å². The number of aliphatic hydroxyl groups excluding tert-OH is 1. The van der Waals surface area contributed by atoms with E-state index in [1.54, 1.807) is 43.3 Å². The minimum Gasteiger partial charge on any atom is -0.507 e. The average Bonchev–Trinajstić information content (AvgIpc) is 3.47. The molecular weight excluding hydrogens is 420 g/mol. The molecule has 0 saturated carbocycles. The highest BCUT2D eigenvalue weighted by molar-refractivity contribution is 7.17. The van der Waals surface area contributed by atoms with Crippen LogP contribution >= 0.6 is 11.3 Å². The Balaban J connectivity index is 1.90. The lowest BCUT2D eigenvalue weighted by Crippen LogP contribution is -2.29. The van der Waals surface area contributed by atoms with Crippen molar-refractivity contribution in [1.29, 1.82) is 0 Å². The number of aliphatic hydroxyl groups is 1. The summed E-state index contributed by atoms with van der Waals surface area (Å²) in [6.07, 6.45) is 1.41. The number of hydrogen-bond acceptors (Lipinski definition) is 8. The molecule has 31 heavy (non-hydrogen) atoms. The quantitative estimate of drug-likeness (QED) is 0.286. The number of carbonyl (C=O) groups excluding carboxylic acids is 3. The van der Waals surface area contributed by atoms with Crippen LogP contribution in [0.1, 0.15) is 38.3 Å². The normalized spacial score (nSPS) is 17.9. The van der Waals surface area contributed by atoms with Crippen LogP contribution in [0.5, 0.6) is 0 Å². The number of amides is 1. The van der Waals surface area contributed by atoms with Crippen LogP contribution in [-0.4, -0.2) is 34.9 Å². The summed E-state index contributed by atoms with van der Waals surface area (Å²) in [4.78, 5) is 43.7. The third-order valence-corrected chi connectivity index (χ3v) is 6.08. The molecule has 3 aromatic rings. The van der Waals surface area contributed by atoms with E-state index in [-0.39, 0.29) is 27.1 Å². The van der Waals surface area contributed by atoms with Gasteiger partial charge in [0.15, 0.2) is 5.13 Å². The molecule has 1 saturated heterocycles. The van der Waals surface area contributed by atoms with Crippen molar-refractivity contribution < 1.29 is 28.6 Å². The van der Waals surface area contributed by atoms with E-state index in [9.17, 15) is 19.5 Å². The van der Waals surface area contributed by atoms with Gasteiger partial charge in [-0.15, -0.1) is 0 Å². The van der Waals surface area contributed by atoms with Gasteiger partial charge in [0, 0.05) is 5.56 Å². The molecule has 1 N–H and O–H groups in total. The number of nitrogens with zero attached hydrogens (tertiary/aromatic N) is 2. The summed E-state index contributed by atoms with van der Waals surface area (Å²) in [6, 6.07) is 9.11. The monoisotopic (exact) mass is 438 g/mol. The largest absolute Gasteiger partial charge is 0.507 e. The zero-order valence-electron chi connectivity index (χ0n) is 16.9. The lowest BCUT2D eigenvalue weighted by atomic mass is 9.99. The number of carbonyl (C=O) groups is 3. The number of Topliss-reactive ketones (excluding diaryl/α,β-unsaturated/α-hetero) is 1. The number of esters is 1. The first-order chi connectivity index (χ1) is 14.8. The Morgan fingerprint density at radius 2 is 1.90 bits per heavy atom. The van der Waals surface area contributed by atoms with Crippen molar-refractivity contribution in [3.8, 4) is 0 Å². The first-order valence-electron chi connectivity index (χ1n) is 9.30. The number of rotatable bonds is 4. The molecule has 0 aliphatic carbocycles. The van der Waals surface area contributed by atoms with Gasteiger partial charge in [0.1, 0.15) is 22.4 Å². The molecule has 3 heterocycles. The maximum atomic E-state index is 13.0. The van der Waals surface area contributed by atoms with Crippen LogP contribution in [0.4, 0.5) is 5.13 Å². The Bertz CT molecular complexity index is 1210. The smallest absolute Gasteiger partial charge is 0.350 e. The molecule has 1 amide bonds. The van der Waals surface area contributed by atoms with Gasteiger partial charge in [-0.05, 0) is 26.0 Å². The predicted octanol–water partition coefficient (Wildman–Crippen LogP) is 3.77. The van der Waals surface area contributed by atoms with Crippen molar-refractivity contribution >= 4 is 39.9 Å². The Labute approximate surface area is 181 Å². The topological polar surface area (TPSA) is 110 Å². The highest BCUT2D eigenvalue weighted by Gasteiger charge is 2.49. The maximum absolute atomic E-state index is 13.0. The molecule has 9 heteroatoms. The molecule has 1 atom stereocenters. The number of anilines is 1. The molecule has 0 bridgehead atoms. The molecule has 1 aliphatic rings. The molecular formula is C22H18N2O6S. The molecule has 4 rings (SSSR count). The van der Waals surface area contributed by atoms with E-state index in [1.165, 1.54) is 13.4 Å². The van der Waals surface area contributed by atoms with Gasteiger partial charge in [0.25, 0.3) is 5.78 Å². The van der Waals surface area contributed by atoms with Gasteiger partial charge in [0.2, 0.25) is 0 Å².